The molecule has 2 aromatic carbocycles. The van der Waals surface area contributed by atoms with Crippen LogP contribution in [-0.4, -0.2) is 43.0 Å². The number of benzene rings is 2. The van der Waals surface area contributed by atoms with E-state index in [1.54, 1.807) is 7.05 Å². The smallest absolute Gasteiger partial charge is 0.343 e. The molecule has 0 saturated heterocycles. The topological polar surface area (TPSA) is 88.0 Å². The zero-order valence-corrected chi connectivity index (χ0v) is 13.9. The second kappa shape index (κ2) is 8.57. The molecule has 2 atom stereocenters. The van der Waals surface area contributed by atoms with Crippen LogP contribution in [0.1, 0.15) is 22.0 Å². The molecule has 0 fully saturated rings. The third-order valence-corrected chi connectivity index (χ3v) is 3.59. The lowest BCUT2D eigenvalue weighted by molar-refractivity contribution is 0.0201. The molecule has 0 heterocycles. The van der Waals surface area contributed by atoms with Crippen molar-refractivity contribution in [3.8, 4) is 11.5 Å². The quantitative estimate of drug-likeness (QED) is 0.521. The van der Waals surface area contributed by atoms with Crippen molar-refractivity contribution in [3.05, 3.63) is 59.4 Å². The van der Waals surface area contributed by atoms with E-state index >= 15 is 0 Å². The highest BCUT2D eigenvalue weighted by molar-refractivity contribution is 5.91. The minimum atomic E-state index is -1.12. The molecule has 2 rings (SSSR count). The maximum atomic E-state index is 12.9. The molecule has 0 aliphatic rings. The lowest BCUT2D eigenvalue weighted by Gasteiger charge is -2.19. The Kier molecular flexibility index (Phi) is 6.46. The Morgan fingerprint density at radius 2 is 1.84 bits per heavy atom. The third-order valence-electron chi connectivity index (χ3n) is 3.59. The fourth-order valence-corrected chi connectivity index (χ4v) is 2.24. The second-order valence-corrected chi connectivity index (χ2v) is 5.38. The summed E-state index contributed by atoms with van der Waals surface area (Å²) in [6, 6.07) is 9.43. The first-order valence-corrected chi connectivity index (χ1v) is 7.62. The van der Waals surface area contributed by atoms with Crippen LogP contribution in [0.2, 0.25) is 0 Å². The van der Waals surface area contributed by atoms with Gasteiger partial charge < -0.3 is 25.0 Å². The van der Waals surface area contributed by atoms with Gasteiger partial charge in [-0.3, -0.25) is 0 Å². The fourth-order valence-electron chi connectivity index (χ4n) is 2.24. The Balaban J connectivity index is 2.18. The normalized spacial score (nSPS) is 13.2. The van der Waals surface area contributed by atoms with Crippen molar-refractivity contribution < 1.29 is 28.9 Å². The van der Waals surface area contributed by atoms with Crippen LogP contribution < -0.4 is 14.8 Å². The Morgan fingerprint density at radius 1 is 1.16 bits per heavy atom. The third kappa shape index (κ3) is 4.76. The van der Waals surface area contributed by atoms with E-state index in [9.17, 15) is 19.4 Å². The standard InChI is InChI=1S/C18H20FNO5/c1-20-10-14(21)17(22)12-5-8-15(16(9-12)24-2)25-18(23)11-3-6-13(19)7-4-11/h3-9,14,17,20-22H,10H2,1-2H3. The predicted octanol–water partition coefficient (Wildman–Crippen LogP) is 1.67. The van der Waals surface area contributed by atoms with E-state index in [4.69, 9.17) is 9.47 Å². The Bertz CT molecular complexity index is 720. The van der Waals surface area contributed by atoms with E-state index < -0.39 is 24.0 Å². The van der Waals surface area contributed by atoms with Crippen LogP contribution in [0.15, 0.2) is 42.5 Å². The second-order valence-electron chi connectivity index (χ2n) is 5.38. The van der Waals surface area contributed by atoms with Gasteiger partial charge in [-0.05, 0) is 49.0 Å². The number of carbonyl (C=O) groups excluding carboxylic acids is 1. The summed E-state index contributed by atoms with van der Waals surface area (Å²) in [6.07, 6.45) is -2.12. The van der Waals surface area contributed by atoms with Gasteiger partial charge in [0, 0.05) is 6.54 Å². The van der Waals surface area contributed by atoms with Gasteiger partial charge in [-0.15, -0.1) is 0 Å². The zero-order valence-electron chi connectivity index (χ0n) is 13.9. The van der Waals surface area contributed by atoms with E-state index in [1.807, 2.05) is 0 Å². The van der Waals surface area contributed by atoms with Crippen molar-refractivity contribution >= 4 is 5.97 Å². The van der Waals surface area contributed by atoms with Crippen LogP contribution in [0.25, 0.3) is 0 Å². The molecule has 0 saturated carbocycles. The van der Waals surface area contributed by atoms with Gasteiger partial charge in [-0.2, -0.15) is 0 Å². The number of hydrogen-bond donors (Lipinski definition) is 3. The largest absolute Gasteiger partial charge is 0.493 e. The van der Waals surface area contributed by atoms with Crippen LogP contribution in [0, 0.1) is 5.82 Å². The first-order valence-electron chi connectivity index (χ1n) is 7.62. The van der Waals surface area contributed by atoms with Gasteiger partial charge in [-0.25, -0.2) is 9.18 Å². The molecule has 2 unspecified atom stereocenters. The molecule has 0 aromatic heterocycles. The van der Waals surface area contributed by atoms with Gasteiger partial charge in [0.05, 0.1) is 18.8 Å². The molecule has 2 aromatic rings. The maximum absolute atomic E-state index is 12.9. The van der Waals surface area contributed by atoms with Crippen molar-refractivity contribution in [2.75, 3.05) is 20.7 Å². The molecular formula is C18H20FNO5. The van der Waals surface area contributed by atoms with E-state index in [0.717, 1.165) is 12.1 Å². The number of ether oxygens (including phenoxy) is 2. The fraction of sp³-hybridized carbons (Fsp3) is 0.278. The highest BCUT2D eigenvalue weighted by Gasteiger charge is 2.20. The first kappa shape index (κ1) is 18.9. The van der Waals surface area contributed by atoms with Gasteiger partial charge in [-0.1, -0.05) is 6.07 Å². The molecular weight excluding hydrogens is 329 g/mol. The number of methoxy groups -OCH3 is 1. The molecule has 134 valence electrons. The molecule has 0 aliphatic carbocycles. The summed E-state index contributed by atoms with van der Waals surface area (Å²) < 4.78 is 23.4. The summed E-state index contributed by atoms with van der Waals surface area (Å²) in [4.78, 5) is 12.1. The Hall–Kier alpha value is -2.48. The Labute approximate surface area is 144 Å². The number of rotatable bonds is 7. The number of halogens is 1. The van der Waals surface area contributed by atoms with E-state index in [2.05, 4.69) is 5.32 Å². The molecule has 0 bridgehead atoms. The van der Waals surface area contributed by atoms with Crippen LogP contribution in [0.4, 0.5) is 4.39 Å². The number of hydrogen-bond acceptors (Lipinski definition) is 6. The molecule has 0 spiro atoms. The van der Waals surface area contributed by atoms with Gasteiger partial charge >= 0.3 is 5.97 Å². The number of carbonyl (C=O) groups is 1. The molecule has 6 nitrogen and oxygen atoms in total. The Morgan fingerprint density at radius 3 is 2.44 bits per heavy atom. The molecule has 0 radical (unpaired) electrons. The lowest BCUT2D eigenvalue weighted by Crippen LogP contribution is -2.29. The number of aliphatic hydroxyl groups is 2. The van der Waals surface area contributed by atoms with Crippen LogP contribution in [-0.2, 0) is 0 Å². The number of aliphatic hydroxyl groups excluding tert-OH is 2. The summed E-state index contributed by atoms with van der Waals surface area (Å²) in [5.41, 5.74) is 0.609. The van der Waals surface area contributed by atoms with E-state index in [0.29, 0.717) is 5.56 Å². The predicted molar refractivity (Wildman–Crippen MR) is 89.2 cm³/mol. The van der Waals surface area contributed by atoms with Gasteiger partial charge in [0.1, 0.15) is 11.9 Å². The average molecular weight is 349 g/mol. The summed E-state index contributed by atoms with van der Waals surface area (Å²) in [5, 5.41) is 22.7. The number of likely N-dealkylation sites (N-methyl/N-ethyl adjacent to an activating group) is 1. The van der Waals surface area contributed by atoms with Crippen LogP contribution in [0.5, 0.6) is 11.5 Å². The van der Waals surface area contributed by atoms with Crippen molar-refractivity contribution in [1.82, 2.24) is 5.32 Å². The molecule has 0 amide bonds. The SMILES string of the molecule is CNCC(O)C(O)c1ccc(OC(=O)c2ccc(F)cc2)c(OC)c1. The van der Waals surface area contributed by atoms with Crippen LogP contribution >= 0.6 is 0 Å². The minimum absolute atomic E-state index is 0.149. The molecule has 3 N–H and O–H groups in total. The van der Waals surface area contributed by atoms with E-state index in [1.165, 1.54) is 37.4 Å². The van der Waals surface area contributed by atoms with Gasteiger partial charge in [0.2, 0.25) is 0 Å². The summed E-state index contributed by atoms with van der Waals surface area (Å²) in [7, 11) is 3.05. The monoisotopic (exact) mass is 349 g/mol. The van der Waals surface area contributed by atoms with Crippen LogP contribution in [0.3, 0.4) is 0 Å². The summed E-state index contributed by atoms with van der Waals surface area (Å²) >= 11 is 0. The summed E-state index contributed by atoms with van der Waals surface area (Å²) in [6.45, 7) is 0.213. The average Bonchev–Trinajstić information content (AvgIpc) is 2.62. The maximum Gasteiger partial charge on any atom is 0.343 e. The lowest BCUT2D eigenvalue weighted by atomic mass is 10.0. The van der Waals surface area contributed by atoms with Crippen molar-refractivity contribution in [1.29, 1.82) is 0 Å². The highest BCUT2D eigenvalue weighted by Crippen LogP contribution is 2.31. The van der Waals surface area contributed by atoms with E-state index in [-0.39, 0.29) is 23.6 Å². The van der Waals surface area contributed by atoms with Gasteiger partial charge in [0.25, 0.3) is 0 Å². The van der Waals surface area contributed by atoms with Gasteiger partial charge in [0.15, 0.2) is 11.5 Å². The van der Waals surface area contributed by atoms with Crippen molar-refractivity contribution in [3.63, 3.8) is 0 Å². The number of nitrogens with one attached hydrogen (secondary N) is 1. The summed E-state index contributed by atoms with van der Waals surface area (Å²) in [5.74, 6) is -0.742. The molecule has 0 aliphatic heterocycles. The zero-order chi connectivity index (χ0) is 18.4. The highest BCUT2D eigenvalue weighted by atomic mass is 19.1. The first-order chi connectivity index (χ1) is 12.0. The van der Waals surface area contributed by atoms with Crippen molar-refractivity contribution in [2.24, 2.45) is 0 Å². The number of esters is 1. The minimum Gasteiger partial charge on any atom is -0.493 e. The molecule has 25 heavy (non-hydrogen) atoms. The van der Waals surface area contributed by atoms with Crippen molar-refractivity contribution in [2.45, 2.75) is 12.2 Å². The molecule has 7 heteroatoms.